The summed E-state index contributed by atoms with van der Waals surface area (Å²) in [5.41, 5.74) is 2.40. The van der Waals surface area contributed by atoms with Crippen molar-refractivity contribution in [3.63, 3.8) is 0 Å². The van der Waals surface area contributed by atoms with Gasteiger partial charge < -0.3 is 15.0 Å². The smallest absolute Gasteiger partial charge is 0.0805 e. The van der Waals surface area contributed by atoms with Crippen LogP contribution in [0.5, 0.6) is 0 Å². The lowest BCUT2D eigenvalue weighted by atomic mass is 10.0. The molecule has 20 heavy (non-hydrogen) atoms. The molecule has 1 aliphatic rings. The first-order valence-electron chi connectivity index (χ1n) is 7.33. The number of anilines is 1. The van der Waals surface area contributed by atoms with Crippen LogP contribution < -0.4 is 10.2 Å². The number of nitrogens with zero attached hydrogens (tertiary/aromatic N) is 1. The molecule has 0 aromatic heterocycles. The van der Waals surface area contributed by atoms with Gasteiger partial charge in [0.1, 0.15) is 0 Å². The summed E-state index contributed by atoms with van der Waals surface area (Å²) < 4.78 is 5.99. The average Bonchev–Trinajstić information content (AvgIpc) is 2.33. The highest BCUT2D eigenvalue weighted by Gasteiger charge is 2.32. The Hall–Kier alpha value is -0.770. The lowest BCUT2D eigenvalue weighted by molar-refractivity contribution is -0.0750. The summed E-state index contributed by atoms with van der Waals surface area (Å²) in [7, 11) is 0. The lowest BCUT2D eigenvalue weighted by Crippen LogP contribution is -2.52. The van der Waals surface area contributed by atoms with E-state index in [9.17, 15) is 0 Å². The molecule has 0 bridgehead atoms. The largest absolute Gasteiger partial charge is 0.369 e. The van der Waals surface area contributed by atoms with Gasteiger partial charge in [0.2, 0.25) is 0 Å². The first-order valence-corrected chi connectivity index (χ1v) is 7.71. The molecule has 0 aliphatic carbocycles. The van der Waals surface area contributed by atoms with Crippen LogP contribution in [0.3, 0.4) is 0 Å². The molecule has 0 spiro atoms. The standard InChI is InChI=1S/C16H25ClN2O/c1-5-18-9-13-8-14(17)6-7-15(13)19-10-12(2)20-16(3,4)11-19/h6-8,12,18H,5,9-11H2,1-4H3. The molecule has 4 heteroatoms. The van der Waals surface area contributed by atoms with Crippen LogP contribution in [0, 0.1) is 0 Å². The molecule has 1 atom stereocenters. The van der Waals surface area contributed by atoms with Crippen molar-refractivity contribution in [2.45, 2.75) is 45.9 Å². The summed E-state index contributed by atoms with van der Waals surface area (Å²) in [5.74, 6) is 0. The minimum atomic E-state index is -0.118. The number of hydrogen-bond acceptors (Lipinski definition) is 3. The SMILES string of the molecule is CCNCc1cc(Cl)ccc1N1CC(C)OC(C)(C)C1. The van der Waals surface area contributed by atoms with Crippen LogP contribution in [-0.2, 0) is 11.3 Å². The van der Waals surface area contributed by atoms with E-state index >= 15 is 0 Å². The first-order chi connectivity index (χ1) is 9.41. The Balaban J connectivity index is 2.26. The molecule has 112 valence electrons. The van der Waals surface area contributed by atoms with E-state index in [-0.39, 0.29) is 11.7 Å². The van der Waals surface area contributed by atoms with E-state index in [2.05, 4.69) is 50.0 Å². The maximum absolute atomic E-state index is 6.15. The van der Waals surface area contributed by atoms with Crippen molar-refractivity contribution in [3.8, 4) is 0 Å². The third kappa shape index (κ3) is 3.87. The molecular formula is C16H25ClN2O. The second-order valence-corrected chi connectivity index (χ2v) is 6.56. The van der Waals surface area contributed by atoms with E-state index < -0.39 is 0 Å². The Morgan fingerprint density at radius 2 is 2.20 bits per heavy atom. The van der Waals surface area contributed by atoms with Crippen LogP contribution in [0.4, 0.5) is 5.69 Å². The van der Waals surface area contributed by atoms with Crippen molar-refractivity contribution >= 4 is 17.3 Å². The van der Waals surface area contributed by atoms with E-state index in [4.69, 9.17) is 16.3 Å². The van der Waals surface area contributed by atoms with Crippen molar-refractivity contribution in [2.24, 2.45) is 0 Å². The van der Waals surface area contributed by atoms with Crippen molar-refractivity contribution in [1.82, 2.24) is 5.32 Å². The molecule has 3 nitrogen and oxygen atoms in total. The zero-order chi connectivity index (χ0) is 14.8. The second-order valence-electron chi connectivity index (χ2n) is 6.12. The Morgan fingerprint density at radius 3 is 2.85 bits per heavy atom. The molecule has 1 saturated heterocycles. The molecule has 0 radical (unpaired) electrons. The summed E-state index contributed by atoms with van der Waals surface area (Å²) in [6.45, 7) is 12.2. The first kappa shape index (κ1) is 15.6. The molecule has 1 heterocycles. The van der Waals surface area contributed by atoms with E-state index in [1.165, 1.54) is 11.3 Å². The molecule has 1 fully saturated rings. The molecule has 1 aliphatic heterocycles. The molecule has 1 N–H and O–H groups in total. The van der Waals surface area contributed by atoms with Crippen LogP contribution in [-0.4, -0.2) is 31.3 Å². The summed E-state index contributed by atoms with van der Waals surface area (Å²) in [4.78, 5) is 2.41. The minimum absolute atomic E-state index is 0.118. The van der Waals surface area contributed by atoms with Crippen molar-refractivity contribution in [2.75, 3.05) is 24.5 Å². The van der Waals surface area contributed by atoms with E-state index in [0.717, 1.165) is 31.2 Å². The topological polar surface area (TPSA) is 24.5 Å². The van der Waals surface area contributed by atoms with Gasteiger partial charge in [0.15, 0.2) is 0 Å². The molecular weight excluding hydrogens is 272 g/mol. The van der Waals surface area contributed by atoms with E-state index in [1.807, 2.05) is 6.07 Å². The van der Waals surface area contributed by atoms with Gasteiger partial charge in [0, 0.05) is 30.3 Å². The lowest BCUT2D eigenvalue weighted by Gasteiger charge is -2.43. The van der Waals surface area contributed by atoms with Gasteiger partial charge in [-0.25, -0.2) is 0 Å². The van der Waals surface area contributed by atoms with Crippen LogP contribution in [0.15, 0.2) is 18.2 Å². The zero-order valence-electron chi connectivity index (χ0n) is 12.9. The number of hydrogen-bond donors (Lipinski definition) is 1. The van der Waals surface area contributed by atoms with Crippen molar-refractivity contribution in [1.29, 1.82) is 0 Å². The number of halogens is 1. The molecule has 1 aromatic rings. The van der Waals surface area contributed by atoms with Gasteiger partial charge in [-0.05, 0) is 51.1 Å². The van der Waals surface area contributed by atoms with Gasteiger partial charge in [-0.1, -0.05) is 18.5 Å². The number of morpholine rings is 1. The van der Waals surface area contributed by atoms with E-state index in [1.54, 1.807) is 0 Å². The highest BCUT2D eigenvalue weighted by molar-refractivity contribution is 6.30. The Kier molecular flexibility index (Phi) is 4.95. The van der Waals surface area contributed by atoms with Gasteiger partial charge in [0.25, 0.3) is 0 Å². The van der Waals surface area contributed by atoms with Gasteiger partial charge in [-0.2, -0.15) is 0 Å². The summed E-state index contributed by atoms with van der Waals surface area (Å²) in [5, 5.41) is 4.18. The summed E-state index contributed by atoms with van der Waals surface area (Å²) >= 11 is 6.15. The van der Waals surface area contributed by atoms with E-state index in [0.29, 0.717) is 0 Å². The van der Waals surface area contributed by atoms with Crippen LogP contribution >= 0.6 is 11.6 Å². The Bertz CT molecular complexity index is 462. The number of benzene rings is 1. The number of rotatable bonds is 4. The highest BCUT2D eigenvalue weighted by atomic mass is 35.5. The minimum Gasteiger partial charge on any atom is -0.369 e. The Labute approximate surface area is 127 Å². The summed E-state index contributed by atoms with van der Waals surface area (Å²) in [6, 6.07) is 6.16. The van der Waals surface area contributed by atoms with Crippen molar-refractivity contribution < 1.29 is 4.74 Å². The quantitative estimate of drug-likeness (QED) is 0.921. The predicted octanol–water partition coefficient (Wildman–Crippen LogP) is 3.45. The monoisotopic (exact) mass is 296 g/mol. The maximum Gasteiger partial charge on any atom is 0.0805 e. The molecule has 0 saturated carbocycles. The predicted molar refractivity (Wildman–Crippen MR) is 85.7 cm³/mol. The highest BCUT2D eigenvalue weighted by Crippen LogP contribution is 2.30. The molecule has 1 aromatic carbocycles. The summed E-state index contributed by atoms with van der Waals surface area (Å²) in [6.07, 6.45) is 0.237. The fraction of sp³-hybridized carbons (Fsp3) is 0.625. The Morgan fingerprint density at radius 1 is 1.45 bits per heavy atom. The van der Waals surface area contributed by atoms with Gasteiger partial charge in [-0.3, -0.25) is 0 Å². The fourth-order valence-corrected chi connectivity index (χ4v) is 3.10. The normalized spacial score (nSPS) is 22.1. The average molecular weight is 297 g/mol. The fourth-order valence-electron chi connectivity index (χ4n) is 2.90. The zero-order valence-corrected chi connectivity index (χ0v) is 13.6. The maximum atomic E-state index is 6.15. The van der Waals surface area contributed by atoms with Crippen LogP contribution in [0.25, 0.3) is 0 Å². The third-order valence-electron chi connectivity index (χ3n) is 3.52. The molecule has 1 unspecified atom stereocenters. The van der Waals surface area contributed by atoms with Crippen molar-refractivity contribution in [3.05, 3.63) is 28.8 Å². The van der Waals surface area contributed by atoms with Gasteiger partial charge >= 0.3 is 0 Å². The van der Waals surface area contributed by atoms with Gasteiger partial charge in [0.05, 0.1) is 11.7 Å². The van der Waals surface area contributed by atoms with Gasteiger partial charge in [-0.15, -0.1) is 0 Å². The molecule has 2 rings (SSSR count). The number of ether oxygens (including phenoxy) is 1. The third-order valence-corrected chi connectivity index (χ3v) is 3.75. The van der Waals surface area contributed by atoms with Crippen LogP contribution in [0.2, 0.25) is 5.02 Å². The van der Waals surface area contributed by atoms with Crippen LogP contribution in [0.1, 0.15) is 33.3 Å². The second kappa shape index (κ2) is 6.33. The molecule has 0 amide bonds. The number of nitrogens with one attached hydrogen (secondary N) is 1.